The summed E-state index contributed by atoms with van der Waals surface area (Å²) < 4.78 is 7.21. The highest BCUT2D eigenvalue weighted by molar-refractivity contribution is 6.12. The van der Waals surface area contributed by atoms with E-state index in [1.807, 2.05) is 56.3 Å². The van der Waals surface area contributed by atoms with E-state index in [1.54, 1.807) is 35.6 Å². The molecule has 0 saturated heterocycles. The highest BCUT2D eigenvalue weighted by Gasteiger charge is 2.18. The number of aromatic nitrogens is 4. The van der Waals surface area contributed by atoms with Gasteiger partial charge in [-0.15, -0.1) is 0 Å². The Kier molecular flexibility index (Phi) is 4.99. The summed E-state index contributed by atoms with van der Waals surface area (Å²) in [6, 6.07) is 15.1. The number of pyridine rings is 2. The molecule has 0 bridgehead atoms. The molecule has 5 rings (SSSR count). The van der Waals surface area contributed by atoms with Crippen molar-refractivity contribution in [2.45, 2.75) is 20.4 Å². The molecule has 0 aliphatic rings. The van der Waals surface area contributed by atoms with Crippen LogP contribution in [0.3, 0.4) is 0 Å². The molecule has 7 nitrogen and oxygen atoms in total. The fourth-order valence-electron chi connectivity index (χ4n) is 3.58. The first kappa shape index (κ1) is 19.7. The summed E-state index contributed by atoms with van der Waals surface area (Å²) in [5.74, 6) is 0.535. The number of nitrogens with zero attached hydrogens (tertiary/aromatic N) is 4. The van der Waals surface area contributed by atoms with Crippen LogP contribution in [-0.2, 0) is 6.54 Å². The predicted octanol–water partition coefficient (Wildman–Crippen LogP) is 5.00. The number of amides is 1. The second-order valence-electron chi connectivity index (χ2n) is 7.67. The second-order valence-corrected chi connectivity index (χ2v) is 7.67. The fourth-order valence-corrected chi connectivity index (χ4v) is 3.58. The fraction of sp³-hybridized carbons (Fsp3) is 0.120. The van der Waals surface area contributed by atoms with Gasteiger partial charge in [-0.3, -0.25) is 9.78 Å². The van der Waals surface area contributed by atoms with Crippen LogP contribution in [0.2, 0.25) is 0 Å². The first-order valence-corrected chi connectivity index (χ1v) is 10.3. The van der Waals surface area contributed by atoms with Gasteiger partial charge in [-0.05, 0) is 67.4 Å². The third kappa shape index (κ3) is 3.76. The molecular weight excluding hydrogens is 402 g/mol. The van der Waals surface area contributed by atoms with Crippen LogP contribution in [0, 0.1) is 13.8 Å². The van der Waals surface area contributed by atoms with Crippen LogP contribution < -0.4 is 5.32 Å². The van der Waals surface area contributed by atoms with Crippen molar-refractivity contribution in [1.82, 2.24) is 19.7 Å². The van der Waals surface area contributed by atoms with Gasteiger partial charge in [-0.25, -0.2) is 9.67 Å². The van der Waals surface area contributed by atoms with Crippen LogP contribution in [0.4, 0.5) is 5.69 Å². The third-order valence-electron chi connectivity index (χ3n) is 5.46. The molecule has 0 aliphatic carbocycles. The topological polar surface area (TPSA) is 85.8 Å². The number of fused-ring (bicyclic) bond motifs is 1. The maximum atomic E-state index is 13.3. The van der Waals surface area contributed by atoms with E-state index in [2.05, 4.69) is 15.4 Å². The van der Waals surface area contributed by atoms with Crippen molar-refractivity contribution in [3.63, 3.8) is 0 Å². The number of carbonyl (C=O) groups excluding carboxylic acids is 1. The van der Waals surface area contributed by atoms with Crippen LogP contribution >= 0.6 is 0 Å². The van der Waals surface area contributed by atoms with Crippen molar-refractivity contribution in [2.24, 2.45) is 0 Å². The van der Waals surface area contributed by atoms with Crippen molar-refractivity contribution < 1.29 is 9.21 Å². The average molecular weight is 423 g/mol. The molecule has 0 fully saturated rings. The average Bonchev–Trinajstić information content (AvgIpc) is 3.47. The quantitative estimate of drug-likeness (QED) is 0.430. The van der Waals surface area contributed by atoms with Gasteiger partial charge in [-0.2, -0.15) is 5.10 Å². The second kappa shape index (κ2) is 8.11. The molecule has 0 spiro atoms. The summed E-state index contributed by atoms with van der Waals surface area (Å²) >= 11 is 0. The molecule has 4 aromatic heterocycles. The smallest absolute Gasteiger partial charge is 0.256 e. The van der Waals surface area contributed by atoms with E-state index in [4.69, 9.17) is 9.40 Å². The van der Waals surface area contributed by atoms with E-state index in [-0.39, 0.29) is 5.91 Å². The van der Waals surface area contributed by atoms with E-state index in [0.29, 0.717) is 28.8 Å². The lowest BCUT2D eigenvalue weighted by atomic mass is 10.1. The molecule has 7 heteroatoms. The van der Waals surface area contributed by atoms with E-state index in [1.165, 1.54) is 5.56 Å². The van der Waals surface area contributed by atoms with Gasteiger partial charge in [0, 0.05) is 23.6 Å². The number of carbonyl (C=O) groups is 1. The van der Waals surface area contributed by atoms with Gasteiger partial charge in [0.2, 0.25) is 0 Å². The molecule has 0 unspecified atom stereocenters. The summed E-state index contributed by atoms with van der Waals surface area (Å²) in [5.41, 5.74) is 5.61. The summed E-state index contributed by atoms with van der Waals surface area (Å²) in [7, 11) is 0. The number of aryl methyl sites for hydroxylation is 2. The van der Waals surface area contributed by atoms with Crippen LogP contribution in [0.25, 0.3) is 22.3 Å². The molecule has 0 radical (unpaired) electrons. The Morgan fingerprint density at radius 1 is 1.06 bits per heavy atom. The van der Waals surface area contributed by atoms with Gasteiger partial charge in [0.15, 0.2) is 5.65 Å². The minimum atomic E-state index is -0.219. The zero-order chi connectivity index (χ0) is 22.1. The van der Waals surface area contributed by atoms with Crippen molar-refractivity contribution in [3.05, 3.63) is 95.8 Å². The van der Waals surface area contributed by atoms with Gasteiger partial charge >= 0.3 is 0 Å². The van der Waals surface area contributed by atoms with Crippen molar-refractivity contribution in [2.75, 3.05) is 5.32 Å². The number of nitrogens with one attached hydrogen (secondary N) is 1. The van der Waals surface area contributed by atoms with Crippen molar-refractivity contribution >= 4 is 22.6 Å². The monoisotopic (exact) mass is 423 g/mol. The van der Waals surface area contributed by atoms with Gasteiger partial charge < -0.3 is 9.73 Å². The molecule has 5 aromatic rings. The first-order chi connectivity index (χ1) is 15.6. The zero-order valence-electron chi connectivity index (χ0n) is 17.7. The zero-order valence-corrected chi connectivity index (χ0v) is 17.7. The van der Waals surface area contributed by atoms with Crippen molar-refractivity contribution in [1.29, 1.82) is 0 Å². The Balaban J connectivity index is 1.60. The van der Waals surface area contributed by atoms with E-state index < -0.39 is 0 Å². The maximum Gasteiger partial charge on any atom is 0.256 e. The van der Waals surface area contributed by atoms with E-state index >= 15 is 0 Å². The number of benzene rings is 1. The van der Waals surface area contributed by atoms with Crippen molar-refractivity contribution in [3.8, 4) is 11.3 Å². The normalized spacial score (nSPS) is 11.1. The number of hydrogen-bond donors (Lipinski definition) is 1. The largest absolute Gasteiger partial charge is 0.467 e. The Bertz CT molecular complexity index is 1410. The number of anilines is 1. The molecule has 0 atom stereocenters. The minimum absolute atomic E-state index is 0.219. The Morgan fingerprint density at radius 2 is 1.97 bits per heavy atom. The molecule has 158 valence electrons. The lowest BCUT2D eigenvalue weighted by molar-refractivity contribution is 0.102. The SMILES string of the molecule is Cc1ccc(NC(=O)c2cc(-c3cccnc3)nc3c2cnn3Cc2ccco2)cc1C. The Morgan fingerprint density at radius 3 is 2.72 bits per heavy atom. The predicted molar refractivity (Wildman–Crippen MR) is 122 cm³/mol. The standard InChI is InChI=1S/C25H21N5O2/c1-16-7-8-19(11-17(16)2)28-25(31)21-12-23(18-5-3-9-26-13-18)29-24-22(21)14-27-30(24)15-20-6-4-10-32-20/h3-14H,15H2,1-2H3,(H,28,31). The molecule has 32 heavy (non-hydrogen) atoms. The molecule has 1 N–H and O–H groups in total. The third-order valence-corrected chi connectivity index (χ3v) is 5.46. The lowest BCUT2D eigenvalue weighted by Crippen LogP contribution is -2.13. The summed E-state index contributed by atoms with van der Waals surface area (Å²) in [4.78, 5) is 22.3. The molecule has 4 heterocycles. The highest BCUT2D eigenvalue weighted by Crippen LogP contribution is 2.26. The molecule has 0 saturated carbocycles. The molecule has 0 aliphatic heterocycles. The van der Waals surface area contributed by atoms with Gasteiger partial charge in [0.1, 0.15) is 12.3 Å². The first-order valence-electron chi connectivity index (χ1n) is 10.3. The van der Waals surface area contributed by atoms with Gasteiger partial charge in [0.25, 0.3) is 5.91 Å². The van der Waals surface area contributed by atoms with E-state index in [9.17, 15) is 4.79 Å². The Hall–Kier alpha value is -4.26. The molecular formula is C25H21N5O2. The lowest BCUT2D eigenvalue weighted by Gasteiger charge is -2.10. The highest BCUT2D eigenvalue weighted by atomic mass is 16.3. The van der Waals surface area contributed by atoms with Crippen LogP contribution in [0.15, 0.2) is 77.8 Å². The minimum Gasteiger partial charge on any atom is -0.467 e. The van der Waals surface area contributed by atoms with E-state index in [0.717, 1.165) is 22.6 Å². The molecule has 1 aromatic carbocycles. The summed E-state index contributed by atoms with van der Waals surface area (Å²) in [5, 5.41) is 8.17. The number of hydrogen-bond acceptors (Lipinski definition) is 5. The summed E-state index contributed by atoms with van der Waals surface area (Å²) in [6.07, 6.45) is 6.73. The number of rotatable bonds is 5. The molecule has 1 amide bonds. The summed E-state index contributed by atoms with van der Waals surface area (Å²) in [6.45, 7) is 4.48. The van der Waals surface area contributed by atoms with Crippen LogP contribution in [-0.4, -0.2) is 25.7 Å². The number of furan rings is 1. The van der Waals surface area contributed by atoms with Crippen LogP contribution in [0.1, 0.15) is 27.2 Å². The Labute approximate surface area is 184 Å². The van der Waals surface area contributed by atoms with Gasteiger partial charge in [-0.1, -0.05) is 6.07 Å². The van der Waals surface area contributed by atoms with Gasteiger partial charge in [0.05, 0.1) is 29.1 Å². The maximum absolute atomic E-state index is 13.3. The van der Waals surface area contributed by atoms with Crippen LogP contribution in [0.5, 0.6) is 0 Å².